The van der Waals surface area contributed by atoms with E-state index in [1.165, 1.54) is 23.3 Å². The third-order valence-corrected chi connectivity index (χ3v) is 3.56. The first-order valence-corrected chi connectivity index (χ1v) is 6.26. The van der Waals surface area contributed by atoms with Crippen LogP contribution in [0.5, 0.6) is 5.75 Å². The van der Waals surface area contributed by atoms with Crippen LogP contribution < -0.4 is 4.74 Å². The number of amides is 1. The Morgan fingerprint density at radius 3 is 3.06 bits per heavy atom. The number of carboxylic acids is 1. The van der Waals surface area contributed by atoms with Gasteiger partial charge in [-0.3, -0.25) is 4.79 Å². The topological polar surface area (TPSA) is 76.1 Å². The molecule has 1 atom stereocenters. The average Bonchev–Trinajstić information content (AvgIpc) is 2.86. The molecule has 1 aromatic rings. The molecule has 1 amide bonds. The van der Waals surface area contributed by atoms with Gasteiger partial charge >= 0.3 is 5.97 Å². The van der Waals surface area contributed by atoms with Gasteiger partial charge in [-0.05, 0) is 11.4 Å². The quantitative estimate of drug-likeness (QED) is 0.875. The van der Waals surface area contributed by atoms with Crippen molar-refractivity contribution in [3.05, 3.63) is 16.3 Å². The molecule has 0 bridgehead atoms. The van der Waals surface area contributed by atoms with E-state index in [1.807, 2.05) is 0 Å². The summed E-state index contributed by atoms with van der Waals surface area (Å²) >= 11 is 1.28. The summed E-state index contributed by atoms with van der Waals surface area (Å²) < 4.78 is 10.2. The van der Waals surface area contributed by atoms with Gasteiger partial charge in [-0.15, -0.1) is 11.3 Å². The maximum Gasteiger partial charge on any atom is 0.334 e. The van der Waals surface area contributed by atoms with E-state index in [4.69, 9.17) is 14.6 Å². The summed E-state index contributed by atoms with van der Waals surface area (Å²) in [7, 11) is 1.50. The molecule has 0 aliphatic carbocycles. The smallest absolute Gasteiger partial charge is 0.334 e. The standard InChI is InChI=1S/C11H13NO5S/c1-16-7-2-5-18-9(7)10(13)12-3-4-17-8(6-12)11(14)15/h2,5,8H,3-4,6H2,1H3,(H,14,15)/t8-/m0/s1. The molecule has 1 aromatic heterocycles. The van der Waals surface area contributed by atoms with Crippen molar-refractivity contribution in [1.29, 1.82) is 0 Å². The molecule has 2 rings (SSSR count). The number of carboxylic acid groups (broad SMARTS) is 1. The Hall–Kier alpha value is -1.60. The molecule has 0 unspecified atom stereocenters. The number of carbonyl (C=O) groups is 2. The lowest BCUT2D eigenvalue weighted by molar-refractivity contribution is -0.154. The zero-order chi connectivity index (χ0) is 13.1. The van der Waals surface area contributed by atoms with Gasteiger partial charge in [0.15, 0.2) is 6.10 Å². The van der Waals surface area contributed by atoms with Crippen LogP contribution in [0.2, 0.25) is 0 Å². The van der Waals surface area contributed by atoms with Crippen molar-refractivity contribution >= 4 is 23.2 Å². The van der Waals surface area contributed by atoms with Crippen LogP contribution in [0.15, 0.2) is 11.4 Å². The first-order chi connectivity index (χ1) is 8.63. The minimum Gasteiger partial charge on any atom is -0.495 e. The molecule has 0 aromatic carbocycles. The predicted octanol–water partition coefficient (Wildman–Crippen LogP) is 0.682. The molecule has 18 heavy (non-hydrogen) atoms. The maximum absolute atomic E-state index is 12.2. The highest BCUT2D eigenvalue weighted by molar-refractivity contribution is 7.12. The van der Waals surface area contributed by atoms with E-state index >= 15 is 0 Å². The predicted molar refractivity (Wildman–Crippen MR) is 64.2 cm³/mol. The van der Waals surface area contributed by atoms with E-state index in [0.29, 0.717) is 17.2 Å². The highest BCUT2D eigenvalue weighted by Crippen LogP contribution is 2.26. The fraction of sp³-hybridized carbons (Fsp3) is 0.455. The summed E-state index contributed by atoms with van der Waals surface area (Å²) in [6.07, 6.45) is -0.950. The van der Waals surface area contributed by atoms with Crippen LogP contribution >= 0.6 is 11.3 Å². The first kappa shape index (κ1) is 12.8. The van der Waals surface area contributed by atoms with Crippen LogP contribution in [0.4, 0.5) is 0 Å². The zero-order valence-corrected chi connectivity index (χ0v) is 10.6. The van der Waals surface area contributed by atoms with E-state index in [2.05, 4.69) is 0 Å². The molecule has 0 saturated carbocycles. The lowest BCUT2D eigenvalue weighted by Gasteiger charge is -2.30. The third kappa shape index (κ3) is 2.46. The summed E-state index contributed by atoms with van der Waals surface area (Å²) in [5.74, 6) is -0.745. The van der Waals surface area contributed by atoms with E-state index in [9.17, 15) is 9.59 Å². The highest BCUT2D eigenvalue weighted by Gasteiger charge is 2.30. The molecule has 1 aliphatic heterocycles. The number of nitrogens with zero attached hydrogens (tertiary/aromatic N) is 1. The number of thiophene rings is 1. The van der Waals surface area contributed by atoms with Gasteiger partial charge in [-0.25, -0.2) is 4.79 Å². The molecule has 0 spiro atoms. The van der Waals surface area contributed by atoms with E-state index < -0.39 is 12.1 Å². The SMILES string of the molecule is COc1ccsc1C(=O)N1CCO[C@H](C(=O)O)C1. The number of carbonyl (C=O) groups excluding carboxylic acids is 1. The van der Waals surface area contributed by atoms with Gasteiger partial charge in [0.1, 0.15) is 10.6 Å². The zero-order valence-electron chi connectivity index (χ0n) is 9.79. The molecule has 98 valence electrons. The number of methoxy groups -OCH3 is 1. The Kier molecular flexibility index (Phi) is 3.83. The Morgan fingerprint density at radius 1 is 1.61 bits per heavy atom. The van der Waals surface area contributed by atoms with E-state index in [1.54, 1.807) is 11.4 Å². The summed E-state index contributed by atoms with van der Waals surface area (Å²) in [6, 6.07) is 1.72. The van der Waals surface area contributed by atoms with Gasteiger partial charge in [0, 0.05) is 6.54 Å². The van der Waals surface area contributed by atoms with Gasteiger partial charge < -0.3 is 19.5 Å². The van der Waals surface area contributed by atoms with Crippen LogP contribution in [0.1, 0.15) is 9.67 Å². The number of ether oxygens (including phenoxy) is 2. The Bertz CT molecular complexity index is 458. The van der Waals surface area contributed by atoms with Crippen molar-refractivity contribution in [2.24, 2.45) is 0 Å². The third-order valence-electron chi connectivity index (χ3n) is 2.67. The fourth-order valence-corrected chi connectivity index (χ4v) is 2.57. The molecule has 1 saturated heterocycles. The Balaban J connectivity index is 2.11. The van der Waals surface area contributed by atoms with Crippen molar-refractivity contribution in [1.82, 2.24) is 4.90 Å². The van der Waals surface area contributed by atoms with Crippen LogP contribution in [0.25, 0.3) is 0 Å². The minimum absolute atomic E-state index is 0.0647. The van der Waals surface area contributed by atoms with Gasteiger partial charge in [-0.1, -0.05) is 0 Å². The normalized spacial score (nSPS) is 19.6. The molecule has 1 fully saturated rings. The molecule has 0 radical (unpaired) electrons. The second kappa shape index (κ2) is 5.36. The van der Waals surface area contributed by atoms with Gasteiger partial charge in [0.05, 0.1) is 20.3 Å². The highest BCUT2D eigenvalue weighted by atomic mass is 32.1. The van der Waals surface area contributed by atoms with Crippen molar-refractivity contribution in [2.45, 2.75) is 6.10 Å². The number of rotatable bonds is 3. The Morgan fingerprint density at radius 2 is 2.39 bits per heavy atom. The van der Waals surface area contributed by atoms with Crippen molar-refractivity contribution < 1.29 is 24.2 Å². The number of aliphatic carboxylic acids is 1. The van der Waals surface area contributed by atoms with Crippen molar-refractivity contribution in [3.63, 3.8) is 0 Å². The second-order valence-electron chi connectivity index (χ2n) is 3.77. The maximum atomic E-state index is 12.2. The summed E-state index contributed by atoms with van der Waals surface area (Å²) in [5.41, 5.74) is 0. The minimum atomic E-state index is -1.05. The largest absolute Gasteiger partial charge is 0.495 e. The van der Waals surface area contributed by atoms with Crippen LogP contribution in [-0.2, 0) is 9.53 Å². The molecular weight excluding hydrogens is 258 g/mol. The first-order valence-electron chi connectivity index (χ1n) is 5.38. The number of hydrogen-bond acceptors (Lipinski definition) is 5. The summed E-state index contributed by atoms with van der Waals surface area (Å²) in [4.78, 5) is 25.0. The molecule has 2 heterocycles. The second-order valence-corrected chi connectivity index (χ2v) is 4.68. The van der Waals surface area contributed by atoms with E-state index in [-0.39, 0.29) is 19.1 Å². The van der Waals surface area contributed by atoms with Crippen molar-refractivity contribution in [3.8, 4) is 5.75 Å². The van der Waals surface area contributed by atoms with Crippen molar-refractivity contribution in [2.75, 3.05) is 26.8 Å². The van der Waals surface area contributed by atoms with Gasteiger partial charge in [0.25, 0.3) is 5.91 Å². The monoisotopic (exact) mass is 271 g/mol. The summed E-state index contributed by atoms with van der Waals surface area (Å²) in [5, 5.41) is 10.6. The summed E-state index contributed by atoms with van der Waals surface area (Å²) in [6.45, 7) is 0.690. The lowest BCUT2D eigenvalue weighted by atomic mass is 10.2. The molecule has 1 aliphatic rings. The van der Waals surface area contributed by atoms with Crippen LogP contribution in [-0.4, -0.2) is 54.8 Å². The van der Waals surface area contributed by atoms with Crippen LogP contribution in [0.3, 0.4) is 0 Å². The average molecular weight is 271 g/mol. The molecular formula is C11H13NO5S. The lowest BCUT2D eigenvalue weighted by Crippen LogP contribution is -2.48. The van der Waals surface area contributed by atoms with E-state index in [0.717, 1.165) is 0 Å². The molecule has 6 nitrogen and oxygen atoms in total. The molecule has 1 N–H and O–H groups in total. The Labute approximate surface area is 108 Å². The number of hydrogen-bond donors (Lipinski definition) is 1. The van der Waals surface area contributed by atoms with Gasteiger partial charge in [0.2, 0.25) is 0 Å². The molecule has 7 heteroatoms. The fourth-order valence-electron chi connectivity index (χ4n) is 1.74. The van der Waals surface area contributed by atoms with Crippen LogP contribution in [0, 0.1) is 0 Å². The number of morpholine rings is 1. The van der Waals surface area contributed by atoms with Gasteiger partial charge in [-0.2, -0.15) is 0 Å².